The van der Waals surface area contributed by atoms with E-state index in [4.69, 9.17) is 16.3 Å². The van der Waals surface area contributed by atoms with Gasteiger partial charge in [0, 0.05) is 11.1 Å². The number of hydrogen-bond donors (Lipinski definition) is 2. The largest absolute Gasteiger partial charge is 0.492 e. The number of anilines is 1. The van der Waals surface area contributed by atoms with E-state index in [1.165, 1.54) is 0 Å². The first-order valence-electron chi connectivity index (χ1n) is 7.00. The van der Waals surface area contributed by atoms with E-state index in [9.17, 15) is 4.79 Å². The summed E-state index contributed by atoms with van der Waals surface area (Å²) >= 11 is 6.13. The normalized spacial score (nSPS) is 17.6. The molecule has 5 heteroatoms. The summed E-state index contributed by atoms with van der Waals surface area (Å²) in [6.45, 7) is 6.25. The monoisotopic (exact) mass is 296 g/mol. The van der Waals surface area contributed by atoms with Gasteiger partial charge in [0.05, 0.1) is 11.6 Å². The van der Waals surface area contributed by atoms with Crippen molar-refractivity contribution in [2.75, 3.05) is 25.0 Å². The number of carbonyl (C=O) groups excluding carboxylic acids is 1. The maximum absolute atomic E-state index is 12.4. The lowest BCUT2D eigenvalue weighted by Gasteiger charge is -2.32. The molecule has 0 aromatic heterocycles. The van der Waals surface area contributed by atoms with E-state index in [1.54, 1.807) is 12.1 Å². The van der Waals surface area contributed by atoms with Gasteiger partial charge in [-0.1, -0.05) is 18.5 Å². The fourth-order valence-electron chi connectivity index (χ4n) is 2.34. The summed E-state index contributed by atoms with van der Waals surface area (Å²) in [5.41, 5.74) is 0.402. The van der Waals surface area contributed by atoms with Crippen LogP contribution < -0.4 is 15.4 Å². The second-order valence-electron chi connectivity index (χ2n) is 5.34. The lowest BCUT2D eigenvalue weighted by atomic mass is 9.80. The third kappa shape index (κ3) is 3.44. The molecule has 0 atom stereocenters. The van der Waals surface area contributed by atoms with Crippen molar-refractivity contribution in [2.24, 2.45) is 5.41 Å². The van der Waals surface area contributed by atoms with E-state index < -0.39 is 0 Å². The number of rotatable bonds is 4. The van der Waals surface area contributed by atoms with Crippen molar-refractivity contribution in [1.29, 1.82) is 0 Å². The highest BCUT2D eigenvalue weighted by atomic mass is 35.5. The Balaban J connectivity index is 2.06. The minimum Gasteiger partial charge on any atom is -0.492 e. The summed E-state index contributed by atoms with van der Waals surface area (Å²) in [7, 11) is 0. The molecule has 20 heavy (non-hydrogen) atoms. The van der Waals surface area contributed by atoms with Crippen molar-refractivity contribution in [1.82, 2.24) is 5.32 Å². The number of amides is 1. The van der Waals surface area contributed by atoms with Crippen LogP contribution in [0, 0.1) is 5.41 Å². The van der Waals surface area contributed by atoms with Crippen molar-refractivity contribution in [3.8, 4) is 5.75 Å². The van der Waals surface area contributed by atoms with Crippen LogP contribution in [0.2, 0.25) is 5.02 Å². The highest BCUT2D eigenvalue weighted by Crippen LogP contribution is 2.32. The van der Waals surface area contributed by atoms with Crippen molar-refractivity contribution >= 4 is 23.2 Å². The van der Waals surface area contributed by atoms with E-state index in [0.717, 1.165) is 25.9 Å². The second-order valence-corrected chi connectivity index (χ2v) is 5.75. The van der Waals surface area contributed by atoms with Crippen molar-refractivity contribution in [3.63, 3.8) is 0 Å². The zero-order valence-electron chi connectivity index (χ0n) is 12.0. The van der Waals surface area contributed by atoms with Crippen molar-refractivity contribution in [2.45, 2.75) is 26.7 Å². The van der Waals surface area contributed by atoms with E-state index >= 15 is 0 Å². The topological polar surface area (TPSA) is 50.4 Å². The standard InChI is InChI=1S/C15H21ClN2O2/c1-3-20-13-5-4-11(10-12(13)16)18-14(19)15(2)6-8-17-9-7-15/h4-5,10,17H,3,6-9H2,1-2H3,(H,18,19). The highest BCUT2D eigenvalue weighted by Gasteiger charge is 2.34. The van der Waals surface area contributed by atoms with E-state index in [1.807, 2.05) is 19.9 Å². The lowest BCUT2D eigenvalue weighted by molar-refractivity contribution is -0.126. The molecule has 1 aromatic rings. The Kier molecular flexibility index (Phi) is 4.89. The van der Waals surface area contributed by atoms with Crippen molar-refractivity contribution < 1.29 is 9.53 Å². The van der Waals surface area contributed by atoms with Crippen LogP contribution in [-0.2, 0) is 4.79 Å². The number of ether oxygens (including phenoxy) is 1. The minimum atomic E-state index is -0.309. The number of halogens is 1. The van der Waals surface area contributed by atoms with Crippen LogP contribution in [0.3, 0.4) is 0 Å². The molecule has 1 saturated heterocycles. The van der Waals surface area contributed by atoms with Crippen LogP contribution in [0.25, 0.3) is 0 Å². The fraction of sp³-hybridized carbons (Fsp3) is 0.533. The molecule has 0 saturated carbocycles. The van der Waals surface area contributed by atoms with Gasteiger partial charge >= 0.3 is 0 Å². The summed E-state index contributed by atoms with van der Waals surface area (Å²) in [6, 6.07) is 5.33. The summed E-state index contributed by atoms with van der Waals surface area (Å²) < 4.78 is 5.38. The third-order valence-electron chi connectivity index (χ3n) is 3.74. The lowest BCUT2D eigenvalue weighted by Crippen LogP contribution is -2.42. The Labute approximate surface area is 124 Å². The Morgan fingerprint density at radius 1 is 1.45 bits per heavy atom. The molecular formula is C15H21ClN2O2. The fourth-order valence-corrected chi connectivity index (χ4v) is 2.57. The zero-order chi connectivity index (χ0) is 14.6. The molecule has 1 aromatic carbocycles. The molecule has 0 aliphatic carbocycles. The van der Waals surface area contributed by atoms with Gasteiger partial charge in [-0.15, -0.1) is 0 Å². The van der Waals surface area contributed by atoms with Gasteiger partial charge < -0.3 is 15.4 Å². The number of benzene rings is 1. The molecule has 0 spiro atoms. The Morgan fingerprint density at radius 2 is 2.15 bits per heavy atom. The van der Waals surface area contributed by atoms with Gasteiger partial charge in [0.2, 0.25) is 5.91 Å². The molecule has 1 aliphatic rings. The van der Waals surface area contributed by atoms with Gasteiger partial charge in [-0.25, -0.2) is 0 Å². The van der Waals surface area contributed by atoms with Crippen LogP contribution in [0.4, 0.5) is 5.69 Å². The molecule has 1 aliphatic heterocycles. The first-order valence-corrected chi connectivity index (χ1v) is 7.37. The zero-order valence-corrected chi connectivity index (χ0v) is 12.7. The van der Waals surface area contributed by atoms with E-state index in [0.29, 0.717) is 23.1 Å². The first-order chi connectivity index (χ1) is 9.55. The molecule has 0 radical (unpaired) electrons. The highest BCUT2D eigenvalue weighted by molar-refractivity contribution is 6.32. The first kappa shape index (κ1) is 15.1. The molecule has 110 valence electrons. The average molecular weight is 297 g/mol. The van der Waals surface area contributed by atoms with Crippen LogP contribution in [0.15, 0.2) is 18.2 Å². The van der Waals surface area contributed by atoms with E-state index in [-0.39, 0.29) is 11.3 Å². The quantitative estimate of drug-likeness (QED) is 0.898. The SMILES string of the molecule is CCOc1ccc(NC(=O)C2(C)CCNCC2)cc1Cl. The Bertz CT molecular complexity index is 485. The van der Waals surface area contributed by atoms with Gasteiger partial charge in [-0.2, -0.15) is 0 Å². The predicted octanol–water partition coefficient (Wildman–Crippen LogP) is 3.07. The Morgan fingerprint density at radius 3 is 2.75 bits per heavy atom. The molecule has 1 amide bonds. The number of carbonyl (C=O) groups is 1. The van der Waals surface area contributed by atoms with E-state index in [2.05, 4.69) is 10.6 Å². The van der Waals surface area contributed by atoms with Crippen LogP contribution in [0.5, 0.6) is 5.75 Å². The Hall–Kier alpha value is -1.26. The summed E-state index contributed by atoms with van der Waals surface area (Å²) in [4.78, 5) is 12.4. The van der Waals surface area contributed by atoms with Gasteiger partial charge in [0.25, 0.3) is 0 Å². The number of nitrogens with one attached hydrogen (secondary N) is 2. The number of hydrogen-bond acceptors (Lipinski definition) is 3. The smallest absolute Gasteiger partial charge is 0.230 e. The second kappa shape index (κ2) is 6.46. The maximum atomic E-state index is 12.4. The molecule has 2 rings (SSSR count). The van der Waals surface area contributed by atoms with Crippen LogP contribution in [0.1, 0.15) is 26.7 Å². The molecule has 1 fully saturated rings. The number of piperidine rings is 1. The van der Waals surface area contributed by atoms with Gasteiger partial charge in [-0.05, 0) is 51.1 Å². The molecule has 2 N–H and O–H groups in total. The molecule has 4 nitrogen and oxygen atoms in total. The maximum Gasteiger partial charge on any atom is 0.230 e. The summed E-state index contributed by atoms with van der Waals surface area (Å²) in [5.74, 6) is 0.694. The van der Waals surface area contributed by atoms with Gasteiger partial charge in [0.1, 0.15) is 5.75 Å². The minimum absolute atomic E-state index is 0.0548. The molecule has 1 heterocycles. The third-order valence-corrected chi connectivity index (χ3v) is 4.04. The summed E-state index contributed by atoms with van der Waals surface area (Å²) in [5, 5.41) is 6.74. The van der Waals surface area contributed by atoms with Gasteiger partial charge in [-0.3, -0.25) is 4.79 Å². The molecule has 0 unspecified atom stereocenters. The average Bonchev–Trinajstić information content (AvgIpc) is 2.43. The summed E-state index contributed by atoms with van der Waals surface area (Å²) in [6.07, 6.45) is 1.70. The predicted molar refractivity (Wildman–Crippen MR) is 81.5 cm³/mol. The van der Waals surface area contributed by atoms with Gasteiger partial charge in [0.15, 0.2) is 0 Å². The molecular weight excluding hydrogens is 276 g/mol. The molecule has 0 bridgehead atoms. The van der Waals surface area contributed by atoms with Crippen LogP contribution in [-0.4, -0.2) is 25.6 Å². The van der Waals surface area contributed by atoms with Crippen molar-refractivity contribution in [3.05, 3.63) is 23.2 Å². The van der Waals surface area contributed by atoms with Crippen LogP contribution >= 0.6 is 11.6 Å².